The average molecular weight is 206 g/mol. The predicted molar refractivity (Wildman–Crippen MR) is 58.4 cm³/mol. The van der Waals surface area contributed by atoms with Gasteiger partial charge in [0.1, 0.15) is 0 Å². The lowest BCUT2D eigenvalue weighted by Crippen LogP contribution is -2.19. The van der Waals surface area contributed by atoms with Crippen molar-refractivity contribution in [3.8, 4) is 0 Å². The van der Waals surface area contributed by atoms with Crippen LogP contribution in [-0.4, -0.2) is 22.3 Å². The third-order valence-corrected chi connectivity index (χ3v) is 2.01. The summed E-state index contributed by atoms with van der Waals surface area (Å²) in [6, 6.07) is 9.59. The highest BCUT2D eigenvalue weighted by molar-refractivity contribution is 5.72. The van der Waals surface area contributed by atoms with E-state index in [-0.39, 0.29) is 6.42 Å². The molecule has 15 heavy (non-hydrogen) atoms. The van der Waals surface area contributed by atoms with Crippen LogP contribution in [0.15, 0.2) is 35.9 Å². The Morgan fingerprint density at radius 3 is 2.53 bits per heavy atom. The second kappa shape index (κ2) is 5.32. The fraction of sp³-hybridized carbons (Fsp3) is 0.250. The van der Waals surface area contributed by atoms with Crippen LogP contribution in [0.4, 0.5) is 0 Å². The van der Waals surface area contributed by atoms with E-state index in [4.69, 9.17) is 10.2 Å². The fourth-order valence-electron chi connectivity index (χ4n) is 1.28. The van der Waals surface area contributed by atoms with Gasteiger partial charge in [-0.25, -0.2) is 4.79 Å². The van der Waals surface area contributed by atoms with Crippen LogP contribution in [0.3, 0.4) is 0 Å². The van der Waals surface area contributed by atoms with Gasteiger partial charge in [-0.3, -0.25) is 0 Å². The minimum atomic E-state index is -1.31. The summed E-state index contributed by atoms with van der Waals surface area (Å²) in [5.74, 6) is -1.18. The highest BCUT2D eigenvalue weighted by Gasteiger charge is 2.12. The Kier molecular flexibility index (Phi) is 4.06. The summed E-state index contributed by atoms with van der Waals surface area (Å²) in [5.41, 5.74) is 1.85. The van der Waals surface area contributed by atoms with Crippen molar-refractivity contribution in [3.05, 3.63) is 41.5 Å². The van der Waals surface area contributed by atoms with E-state index in [1.165, 1.54) is 0 Å². The van der Waals surface area contributed by atoms with Gasteiger partial charge < -0.3 is 10.2 Å². The number of carboxylic acids is 1. The molecule has 0 aliphatic rings. The Morgan fingerprint density at radius 1 is 1.40 bits per heavy atom. The van der Waals surface area contributed by atoms with Crippen LogP contribution >= 0.6 is 0 Å². The minimum Gasteiger partial charge on any atom is -0.479 e. The Labute approximate surface area is 88.7 Å². The van der Waals surface area contributed by atoms with Crippen molar-refractivity contribution in [1.29, 1.82) is 0 Å². The van der Waals surface area contributed by atoms with Crippen LogP contribution in [0.5, 0.6) is 0 Å². The lowest BCUT2D eigenvalue weighted by atomic mass is 10.1. The Morgan fingerprint density at radius 2 is 2.00 bits per heavy atom. The van der Waals surface area contributed by atoms with E-state index in [9.17, 15) is 4.79 Å². The third kappa shape index (κ3) is 3.95. The molecular formula is C12H14O3. The van der Waals surface area contributed by atoms with Crippen LogP contribution in [0.1, 0.15) is 18.9 Å². The molecule has 0 heterocycles. The van der Waals surface area contributed by atoms with E-state index in [1.807, 2.05) is 36.4 Å². The molecule has 0 bridgehead atoms. The number of aliphatic carboxylic acids is 1. The van der Waals surface area contributed by atoms with Gasteiger partial charge in [0.25, 0.3) is 0 Å². The number of carboxylic acid groups (broad SMARTS) is 1. The van der Waals surface area contributed by atoms with Crippen molar-refractivity contribution in [3.63, 3.8) is 0 Å². The molecule has 3 nitrogen and oxygen atoms in total. The van der Waals surface area contributed by atoms with Crippen LogP contribution in [-0.2, 0) is 4.79 Å². The van der Waals surface area contributed by atoms with E-state index < -0.39 is 12.1 Å². The molecule has 3 heteroatoms. The van der Waals surface area contributed by atoms with Crippen LogP contribution in [0.2, 0.25) is 0 Å². The molecule has 0 aliphatic carbocycles. The first-order chi connectivity index (χ1) is 7.09. The van der Waals surface area contributed by atoms with Gasteiger partial charge in [-0.15, -0.1) is 0 Å². The lowest BCUT2D eigenvalue weighted by Gasteiger charge is -2.05. The maximum Gasteiger partial charge on any atom is 0.332 e. The average Bonchev–Trinajstić information content (AvgIpc) is 2.18. The first-order valence-electron chi connectivity index (χ1n) is 4.72. The molecule has 80 valence electrons. The Hall–Kier alpha value is -1.61. The van der Waals surface area contributed by atoms with E-state index in [0.29, 0.717) is 0 Å². The molecule has 1 rings (SSSR count). The second-order valence-corrected chi connectivity index (χ2v) is 3.46. The number of aliphatic hydroxyl groups is 1. The maximum atomic E-state index is 10.4. The number of hydrogen-bond acceptors (Lipinski definition) is 2. The molecule has 0 saturated carbocycles. The van der Waals surface area contributed by atoms with Crippen molar-refractivity contribution in [1.82, 2.24) is 0 Å². The summed E-state index contributed by atoms with van der Waals surface area (Å²) in [6.45, 7) is 1.80. The van der Waals surface area contributed by atoms with Gasteiger partial charge in [0, 0.05) is 6.42 Å². The van der Waals surface area contributed by atoms with E-state index in [0.717, 1.165) is 11.1 Å². The predicted octanol–water partition coefficient (Wildman–Crippen LogP) is 1.93. The number of rotatable bonds is 4. The zero-order valence-electron chi connectivity index (χ0n) is 8.55. The SMILES string of the molecule is C/C(=C\c1ccccc1)CC(O)C(=O)O. The molecule has 0 saturated heterocycles. The zero-order valence-corrected chi connectivity index (χ0v) is 8.55. The van der Waals surface area contributed by atoms with Crippen molar-refractivity contribution < 1.29 is 15.0 Å². The second-order valence-electron chi connectivity index (χ2n) is 3.46. The molecule has 1 aromatic carbocycles. The highest BCUT2D eigenvalue weighted by Crippen LogP contribution is 2.11. The molecule has 0 spiro atoms. The van der Waals surface area contributed by atoms with Crippen LogP contribution in [0, 0.1) is 0 Å². The van der Waals surface area contributed by atoms with E-state index in [2.05, 4.69) is 0 Å². The lowest BCUT2D eigenvalue weighted by molar-refractivity contribution is -0.146. The standard InChI is InChI=1S/C12H14O3/c1-9(8-11(13)12(14)15)7-10-5-3-2-4-6-10/h2-7,11,13H,8H2,1H3,(H,14,15)/b9-7+. The molecule has 0 aliphatic heterocycles. The molecule has 1 unspecified atom stereocenters. The van der Waals surface area contributed by atoms with Gasteiger partial charge in [0.15, 0.2) is 6.10 Å². The van der Waals surface area contributed by atoms with Crippen molar-refractivity contribution in [2.45, 2.75) is 19.4 Å². The molecule has 0 amide bonds. The molecule has 0 radical (unpaired) electrons. The number of hydrogen-bond donors (Lipinski definition) is 2. The number of carbonyl (C=O) groups is 1. The molecule has 1 atom stereocenters. The van der Waals surface area contributed by atoms with Crippen LogP contribution < -0.4 is 0 Å². The summed E-state index contributed by atoms with van der Waals surface area (Å²) >= 11 is 0. The maximum absolute atomic E-state index is 10.4. The molecular weight excluding hydrogens is 192 g/mol. The first kappa shape index (κ1) is 11.5. The molecule has 0 aromatic heterocycles. The minimum absolute atomic E-state index is 0.157. The number of benzene rings is 1. The molecule has 0 fully saturated rings. The van der Waals surface area contributed by atoms with Gasteiger partial charge in [-0.05, 0) is 12.5 Å². The summed E-state index contributed by atoms with van der Waals surface area (Å²) in [7, 11) is 0. The van der Waals surface area contributed by atoms with E-state index >= 15 is 0 Å². The van der Waals surface area contributed by atoms with Crippen molar-refractivity contribution in [2.75, 3.05) is 0 Å². The smallest absolute Gasteiger partial charge is 0.332 e. The highest BCUT2D eigenvalue weighted by atomic mass is 16.4. The largest absolute Gasteiger partial charge is 0.479 e. The topological polar surface area (TPSA) is 57.5 Å². The van der Waals surface area contributed by atoms with Gasteiger partial charge in [0.05, 0.1) is 0 Å². The normalized spacial score (nSPS) is 13.6. The first-order valence-corrected chi connectivity index (χ1v) is 4.72. The van der Waals surface area contributed by atoms with E-state index in [1.54, 1.807) is 6.92 Å². The monoisotopic (exact) mass is 206 g/mol. The summed E-state index contributed by atoms with van der Waals surface area (Å²) < 4.78 is 0. The van der Waals surface area contributed by atoms with Crippen LogP contribution in [0.25, 0.3) is 6.08 Å². The Bertz CT molecular complexity index is 354. The van der Waals surface area contributed by atoms with Crippen molar-refractivity contribution >= 4 is 12.0 Å². The molecule has 1 aromatic rings. The summed E-state index contributed by atoms with van der Waals surface area (Å²) in [4.78, 5) is 10.4. The fourth-order valence-corrected chi connectivity index (χ4v) is 1.28. The zero-order chi connectivity index (χ0) is 11.3. The van der Waals surface area contributed by atoms with Gasteiger partial charge >= 0.3 is 5.97 Å². The van der Waals surface area contributed by atoms with Crippen molar-refractivity contribution in [2.24, 2.45) is 0 Å². The molecule has 2 N–H and O–H groups in total. The quantitative estimate of drug-likeness (QED) is 0.791. The van der Waals surface area contributed by atoms with Gasteiger partial charge in [-0.1, -0.05) is 42.0 Å². The third-order valence-electron chi connectivity index (χ3n) is 2.01. The number of aliphatic hydroxyl groups excluding tert-OH is 1. The van der Waals surface area contributed by atoms with Gasteiger partial charge in [-0.2, -0.15) is 0 Å². The van der Waals surface area contributed by atoms with Gasteiger partial charge in [0.2, 0.25) is 0 Å². The Balaban J connectivity index is 2.65. The summed E-state index contributed by atoms with van der Waals surface area (Å²) in [6.07, 6.45) is 0.709. The summed E-state index contributed by atoms with van der Waals surface area (Å²) in [5, 5.41) is 17.7.